The van der Waals surface area contributed by atoms with Gasteiger partial charge in [-0.3, -0.25) is 4.79 Å². The summed E-state index contributed by atoms with van der Waals surface area (Å²) in [5.41, 5.74) is -0.458. The summed E-state index contributed by atoms with van der Waals surface area (Å²) in [5.74, 6) is -1.05. The number of nitrogens with one attached hydrogen (secondary N) is 1. The fraction of sp³-hybridized carbons (Fsp3) is 0.200. The average molecular weight is 369 g/mol. The molecule has 0 bridgehead atoms. The summed E-state index contributed by atoms with van der Waals surface area (Å²) >= 11 is 0. The summed E-state index contributed by atoms with van der Waals surface area (Å²) in [6, 6.07) is 12.1. The Balaban J connectivity index is 1.80. The Morgan fingerprint density at radius 1 is 1.30 bits per heavy atom. The summed E-state index contributed by atoms with van der Waals surface area (Å²) < 4.78 is 28.0. The van der Waals surface area contributed by atoms with Gasteiger partial charge >= 0.3 is 0 Å². The van der Waals surface area contributed by atoms with E-state index in [1.54, 1.807) is 22.9 Å². The van der Waals surface area contributed by atoms with E-state index >= 15 is 0 Å². The lowest BCUT2D eigenvalue weighted by Gasteiger charge is -2.23. The molecule has 2 aromatic carbocycles. The molecule has 0 unspecified atom stereocenters. The summed E-state index contributed by atoms with van der Waals surface area (Å²) in [7, 11) is 0. The molecule has 7 heteroatoms. The van der Waals surface area contributed by atoms with Gasteiger partial charge in [-0.25, -0.2) is 8.78 Å². The van der Waals surface area contributed by atoms with Crippen LogP contribution >= 0.6 is 0 Å². The van der Waals surface area contributed by atoms with E-state index in [0.29, 0.717) is 10.9 Å². The van der Waals surface area contributed by atoms with Crippen molar-refractivity contribution in [2.75, 3.05) is 5.32 Å². The average Bonchev–Trinajstić information content (AvgIpc) is 3.02. The van der Waals surface area contributed by atoms with E-state index in [-0.39, 0.29) is 29.2 Å². The molecular formula is C20H17F2N3O2. The van der Waals surface area contributed by atoms with Gasteiger partial charge in [0.15, 0.2) is 5.60 Å². The normalized spacial score (nSPS) is 13.1. The monoisotopic (exact) mass is 369 g/mol. The van der Waals surface area contributed by atoms with Crippen molar-refractivity contribution in [1.29, 1.82) is 5.26 Å². The predicted molar refractivity (Wildman–Crippen MR) is 97.1 cm³/mol. The van der Waals surface area contributed by atoms with Gasteiger partial charge < -0.3 is 15.0 Å². The molecule has 0 aliphatic rings. The van der Waals surface area contributed by atoms with Crippen molar-refractivity contribution in [3.63, 3.8) is 0 Å². The molecule has 0 saturated carbocycles. The van der Waals surface area contributed by atoms with Crippen molar-refractivity contribution in [1.82, 2.24) is 4.57 Å². The molecule has 138 valence electrons. The fourth-order valence-electron chi connectivity index (χ4n) is 2.87. The van der Waals surface area contributed by atoms with Crippen molar-refractivity contribution in [2.45, 2.75) is 25.7 Å². The van der Waals surface area contributed by atoms with Crippen molar-refractivity contribution in [3.05, 3.63) is 65.6 Å². The quantitative estimate of drug-likeness (QED) is 0.722. The van der Waals surface area contributed by atoms with Gasteiger partial charge in [-0.15, -0.1) is 0 Å². The number of alkyl halides is 1. The molecule has 0 fully saturated rings. The van der Waals surface area contributed by atoms with E-state index < -0.39 is 18.2 Å². The number of nitriles is 1. The Bertz CT molecular complexity index is 1050. The molecule has 1 aromatic heterocycles. The number of fused-ring (bicyclic) bond motifs is 1. The largest absolute Gasteiger partial charge is 0.378 e. The van der Waals surface area contributed by atoms with E-state index in [1.165, 1.54) is 37.3 Å². The third-order valence-electron chi connectivity index (χ3n) is 4.33. The van der Waals surface area contributed by atoms with Gasteiger partial charge in [0, 0.05) is 28.4 Å². The molecule has 0 spiro atoms. The highest BCUT2D eigenvalue weighted by Gasteiger charge is 2.31. The highest BCUT2D eigenvalue weighted by atomic mass is 19.1. The number of aliphatic hydroxyl groups is 1. The van der Waals surface area contributed by atoms with Crippen LogP contribution in [0.4, 0.5) is 14.5 Å². The zero-order valence-corrected chi connectivity index (χ0v) is 14.5. The van der Waals surface area contributed by atoms with Gasteiger partial charge in [-0.05, 0) is 49.4 Å². The Hall–Kier alpha value is -3.24. The van der Waals surface area contributed by atoms with Crippen LogP contribution in [0.25, 0.3) is 10.9 Å². The van der Waals surface area contributed by atoms with E-state index in [1.807, 2.05) is 6.07 Å². The molecule has 1 heterocycles. The van der Waals surface area contributed by atoms with Crippen LogP contribution in [0, 0.1) is 17.1 Å². The van der Waals surface area contributed by atoms with Gasteiger partial charge in [0.2, 0.25) is 0 Å². The molecule has 1 atom stereocenters. The Kier molecular flexibility index (Phi) is 4.93. The molecule has 3 aromatic rings. The minimum atomic E-state index is -1.77. The number of carbonyl (C=O) groups is 1. The van der Waals surface area contributed by atoms with Crippen LogP contribution in [0.5, 0.6) is 0 Å². The first kappa shape index (κ1) is 18.5. The van der Waals surface area contributed by atoms with Crippen LogP contribution < -0.4 is 5.32 Å². The first-order valence-corrected chi connectivity index (χ1v) is 8.21. The zero-order valence-electron chi connectivity index (χ0n) is 14.5. The summed E-state index contributed by atoms with van der Waals surface area (Å²) in [5, 5.41) is 22.8. The molecule has 3 rings (SSSR count). The molecule has 2 N–H and O–H groups in total. The fourth-order valence-corrected chi connectivity index (χ4v) is 2.87. The van der Waals surface area contributed by atoms with Crippen LogP contribution in [-0.2, 0) is 18.0 Å². The zero-order chi connectivity index (χ0) is 19.6. The number of amides is 1. The Labute approximate surface area is 154 Å². The first-order valence-electron chi connectivity index (χ1n) is 8.21. The predicted octanol–water partition coefficient (Wildman–Crippen LogP) is 3.51. The van der Waals surface area contributed by atoms with Gasteiger partial charge in [0.1, 0.15) is 12.5 Å². The third kappa shape index (κ3) is 3.81. The lowest BCUT2D eigenvalue weighted by molar-refractivity contribution is -0.133. The number of hydrogen-bond donors (Lipinski definition) is 2. The topological polar surface area (TPSA) is 78.1 Å². The number of rotatable bonds is 5. The van der Waals surface area contributed by atoms with Crippen molar-refractivity contribution >= 4 is 22.5 Å². The van der Waals surface area contributed by atoms with Gasteiger partial charge in [0.05, 0.1) is 18.2 Å². The van der Waals surface area contributed by atoms with E-state index in [4.69, 9.17) is 5.26 Å². The smallest absolute Gasteiger partial charge is 0.257 e. The maximum absolute atomic E-state index is 13.3. The van der Waals surface area contributed by atoms with E-state index in [2.05, 4.69) is 5.32 Å². The van der Waals surface area contributed by atoms with Crippen LogP contribution in [0.1, 0.15) is 18.1 Å². The van der Waals surface area contributed by atoms with Crippen LogP contribution in [0.15, 0.2) is 48.7 Å². The van der Waals surface area contributed by atoms with Crippen LogP contribution in [0.2, 0.25) is 0 Å². The molecule has 0 radical (unpaired) electrons. The Morgan fingerprint density at radius 3 is 2.78 bits per heavy atom. The van der Waals surface area contributed by atoms with Gasteiger partial charge in [-0.1, -0.05) is 0 Å². The van der Waals surface area contributed by atoms with E-state index in [9.17, 15) is 18.7 Å². The van der Waals surface area contributed by atoms with Crippen molar-refractivity contribution < 1.29 is 18.7 Å². The molecule has 5 nitrogen and oxygen atoms in total. The van der Waals surface area contributed by atoms with E-state index in [0.717, 1.165) is 0 Å². The minimum Gasteiger partial charge on any atom is -0.378 e. The Morgan fingerprint density at radius 2 is 2.07 bits per heavy atom. The first-order chi connectivity index (χ1) is 12.8. The summed E-state index contributed by atoms with van der Waals surface area (Å²) in [4.78, 5) is 12.5. The molecular weight excluding hydrogens is 352 g/mol. The van der Waals surface area contributed by atoms with Crippen molar-refractivity contribution in [3.8, 4) is 6.07 Å². The van der Waals surface area contributed by atoms with Crippen LogP contribution in [-0.4, -0.2) is 21.2 Å². The van der Waals surface area contributed by atoms with Crippen LogP contribution in [0.3, 0.4) is 0 Å². The molecule has 0 aliphatic heterocycles. The highest BCUT2D eigenvalue weighted by molar-refractivity contribution is 5.97. The van der Waals surface area contributed by atoms with Gasteiger partial charge in [0.25, 0.3) is 5.91 Å². The number of anilines is 1. The lowest BCUT2D eigenvalue weighted by atomic mass is 10.0. The second-order valence-electron chi connectivity index (χ2n) is 6.49. The number of hydrogen-bond acceptors (Lipinski definition) is 3. The molecule has 0 aliphatic carbocycles. The molecule has 0 saturated heterocycles. The minimum absolute atomic E-state index is 0.0553. The summed E-state index contributed by atoms with van der Waals surface area (Å²) in [6.07, 6.45) is 1.66. The third-order valence-corrected chi connectivity index (χ3v) is 4.33. The maximum atomic E-state index is 13.3. The molecule has 27 heavy (non-hydrogen) atoms. The number of benzene rings is 2. The van der Waals surface area contributed by atoms with Gasteiger partial charge in [-0.2, -0.15) is 5.26 Å². The SMILES string of the molecule is C[C@@](O)(Cn1ccc2cc(F)ccc21)C(=O)Nc1ccc(C#N)c(CF)c1. The highest BCUT2D eigenvalue weighted by Crippen LogP contribution is 2.22. The number of aromatic nitrogens is 1. The maximum Gasteiger partial charge on any atom is 0.257 e. The second-order valence-corrected chi connectivity index (χ2v) is 6.49. The van der Waals surface area contributed by atoms with Crippen molar-refractivity contribution in [2.24, 2.45) is 0 Å². The number of halogens is 2. The standard InChI is InChI=1S/C20H17F2N3O2/c1-20(27,12-25-7-6-13-8-16(22)3-5-18(13)25)19(26)24-17-4-2-14(11-23)15(9-17)10-21/h2-9,27H,10,12H2,1H3,(H,24,26)/t20-/m1/s1. The second kappa shape index (κ2) is 7.17. The summed E-state index contributed by atoms with van der Waals surface area (Å²) in [6.45, 7) is 0.465. The lowest BCUT2D eigenvalue weighted by Crippen LogP contribution is -2.43. The molecule has 1 amide bonds. The number of carbonyl (C=O) groups excluding carboxylic acids is 1. The number of nitrogens with zero attached hydrogens (tertiary/aromatic N) is 2.